The highest BCUT2D eigenvalue weighted by molar-refractivity contribution is 5.80. The highest BCUT2D eigenvalue weighted by Crippen LogP contribution is 2.34. The van der Waals surface area contributed by atoms with Gasteiger partial charge in [0.2, 0.25) is 0 Å². The zero-order valence-corrected chi connectivity index (χ0v) is 9.96. The van der Waals surface area contributed by atoms with Crippen LogP contribution in [0.5, 0.6) is 0 Å². The van der Waals surface area contributed by atoms with Gasteiger partial charge in [0.05, 0.1) is 5.69 Å². The van der Waals surface area contributed by atoms with Gasteiger partial charge in [0, 0.05) is 25.1 Å². The monoisotopic (exact) mass is 235 g/mol. The highest BCUT2D eigenvalue weighted by atomic mass is 16.4. The van der Waals surface area contributed by atoms with E-state index in [0.29, 0.717) is 6.42 Å². The summed E-state index contributed by atoms with van der Waals surface area (Å²) in [7, 11) is 1.87. The lowest BCUT2D eigenvalue weighted by atomic mass is 9.80. The van der Waals surface area contributed by atoms with Gasteiger partial charge in [0.25, 0.3) is 0 Å². The summed E-state index contributed by atoms with van der Waals surface area (Å²) in [5.41, 5.74) is 0.289. The quantitative estimate of drug-likeness (QED) is 0.823. The van der Waals surface area contributed by atoms with E-state index in [-0.39, 0.29) is 0 Å². The van der Waals surface area contributed by atoms with E-state index in [4.69, 9.17) is 0 Å². The number of carbonyl (C=O) groups is 1. The minimum Gasteiger partial charge on any atom is -0.480 e. The third-order valence-electron chi connectivity index (χ3n) is 3.63. The van der Waals surface area contributed by atoms with Crippen LogP contribution in [0, 0.1) is 0 Å². The standard InChI is InChI=1S/C12H17N3O2/c1-15-8-5-12(15,11(16)17)4-2-3-10-9-13-6-7-14-10/h6-7,9H,2-5,8H2,1H3,(H,16,17)/t12-/m1/s1. The molecule has 0 amide bonds. The van der Waals surface area contributed by atoms with Gasteiger partial charge < -0.3 is 5.11 Å². The number of hydrogen-bond donors (Lipinski definition) is 1. The Balaban J connectivity index is 1.87. The van der Waals surface area contributed by atoms with Gasteiger partial charge >= 0.3 is 5.97 Å². The maximum absolute atomic E-state index is 11.3. The molecule has 1 aromatic heterocycles. The maximum Gasteiger partial charge on any atom is 0.324 e. The molecule has 1 atom stereocenters. The molecule has 1 aliphatic heterocycles. The molecular formula is C12H17N3O2. The third-order valence-corrected chi connectivity index (χ3v) is 3.63. The average Bonchev–Trinajstić information content (AvgIpc) is 2.33. The summed E-state index contributed by atoms with van der Waals surface area (Å²) >= 11 is 0. The van der Waals surface area contributed by atoms with Gasteiger partial charge in [-0.2, -0.15) is 0 Å². The van der Waals surface area contributed by atoms with Gasteiger partial charge in [-0.3, -0.25) is 19.7 Å². The van der Waals surface area contributed by atoms with Gasteiger partial charge in [-0.25, -0.2) is 0 Å². The SMILES string of the molecule is CN1CC[C@]1(CCCc1cnccn1)C(=O)O. The zero-order chi connectivity index (χ0) is 12.3. The van der Waals surface area contributed by atoms with E-state index in [1.165, 1.54) is 0 Å². The Kier molecular flexibility index (Phi) is 3.38. The first-order valence-electron chi connectivity index (χ1n) is 5.85. The van der Waals surface area contributed by atoms with E-state index < -0.39 is 11.5 Å². The Bertz CT molecular complexity index is 396. The number of likely N-dealkylation sites (N-methyl/N-ethyl adjacent to an activating group) is 1. The molecule has 0 unspecified atom stereocenters. The fraction of sp³-hybridized carbons (Fsp3) is 0.583. The van der Waals surface area contributed by atoms with Crippen LogP contribution in [0.4, 0.5) is 0 Å². The normalized spacial score (nSPS) is 24.3. The number of carboxylic acids is 1. The summed E-state index contributed by atoms with van der Waals surface area (Å²) in [6.07, 6.45) is 8.08. The van der Waals surface area contributed by atoms with Crippen LogP contribution in [-0.2, 0) is 11.2 Å². The number of aromatic nitrogens is 2. The van der Waals surface area contributed by atoms with E-state index in [2.05, 4.69) is 9.97 Å². The lowest BCUT2D eigenvalue weighted by Crippen LogP contribution is -2.62. The van der Waals surface area contributed by atoms with Crippen molar-refractivity contribution in [1.82, 2.24) is 14.9 Å². The fourth-order valence-electron chi connectivity index (χ4n) is 2.32. The third kappa shape index (κ3) is 2.29. The first-order chi connectivity index (χ1) is 8.15. The molecule has 2 rings (SSSR count). The Hall–Kier alpha value is -1.49. The van der Waals surface area contributed by atoms with Crippen molar-refractivity contribution in [2.75, 3.05) is 13.6 Å². The van der Waals surface area contributed by atoms with Gasteiger partial charge in [0.15, 0.2) is 0 Å². The molecule has 0 spiro atoms. The number of aliphatic carboxylic acids is 1. The average molecular weight is 235 g/mol. The van der Waals surface area contributed by atoms with Crippen LogP contribution in [0.1, 0.15) is 25.0 Å². The van der Waals surface area contributed by atoms with Crippen molar-refractivity contribution in [1.29, 1.82) is 0 Å². The summed E-state index contributed by atoms with van der Waals surface area (Å²) in [5, 5.41) is 9.28. The molecule has 5 heteroatoms. The molecule has 1 N–H and O–H groups in total. The number of likely N-dealkylation sites (tertiary alicyclic amines) is 1. The van der Waals surface area contributed by atoms with Crippen LogP contribution in [0.2, 0.25) is 0 Å². The summed E-state index contributed by atoms with van der Waals surface area (Å²) in [4.78, 5) is 21.4. The van der Waals surface area contributed by atoms with Crippen LogP contribution in [0.15, 0.2) is 18.6 Å². The van der Waals surface area contributed by atoms with E-state index in [1.807, 2.05) is 11.9 Å². The summed E-state index contributed by atoms with van der Waals surface area (Å²) < 4.78 is 0. The minimum absolute atomic E-state index is 0.637. The molecule has 0 aliphatic carbocycles. The second kappa shape index (κ2) is 4.79. The first-order valence-corrected chi connectivity index (χ1v) is 5.85. The van der Waals surface area contributed by atoms with Crippen molar-refractivity contribution in [3.63, 3.8) is 0 Å². The molecule has 5 nitrogen and oxygen atoms in total. The minimum atomic E-state index is -0.703. The second-order valence-electron chi connectivity index (χ2n) is 4.56. The van der Waals surface area contributed by atoms with Crippen molar-refractivity contribution < 1.29 is 9.90 Å². The molecular weight excluding hydrogens is 218 g/mol. The van der Waals surface area contributed by atoms with Crippen LogP contribution < -0.4 is 0 Å². The molecule has 0 saturated carbocycles. The first kappa shape index (κ1) is 12.0. The summed E-state index contributed by atoms with van der Waals surface area (Å²) in [6, 6.07) is 0. The van der Waals surface area contributed by atoms with Gasteiger partial charge in [-0.05, 0) is 32.7 Å². The number of hydrogen-bond acceptors (Lipinski definition) is 4. The van der Waals surface area contributed by atoms with E-state index in [0.717, 1.165) is 31.5 Å². The van der Waals surface area contributed by atoms with Crippen molar-refractivity contribution in [3.05, 3.63) is 24.3 Å². The van der Waals surface area contributed by atoms with Gasteiger partial charge in [0.1, 0.15) is 5.54 Å². The van der Waals surface area contributed by atoms with Crippen LogP contribution >= 0.6 is 0 Å². The van der Waals surface area contributed by atoms with E-state index in [9.17, 15) is 9.90 Å². The van der Waals surface area contributed by atoms with Crippen molar-refractivity contribution in [3.8, 4) is 0 Å². The van der Waals surface area contributed by atoms with E-state index >= 15 is 0 Å². The molecule has 1 aliphatic rings. The predicted molar refractivity (Wildman–Crippen MR) is 62.6 cm³/mol. The molecule has 2 heterocycles. The van der Waals surface area contributed by atoms with Crippen molar-refractivity contribution in [2.24, 2.45) is 0 Å². The summed E-state index contributed by atoms with van der Waals surface area (Å²) in [6.45, 7) is 0.872. The largest absolute Gasteiger partial charge is 0.480 e. The highest BCUT2D eigenvalue weighted by Gasteiger charge is 2.48. The Morgan fingerprint density at radius 3 is 2.88 bits per heavy atom. The predicted octanol–water partition coefficient (Wildman–Crippen LogP) is 0.958. The smallest absolute Gasteiger partial charge is 0.324 e. The molecule has 17 heavy (non-hydrogen) atoms. The second-order valence-corrected chi connectivity index (χ2v) is 4.56. The van der Waals surface area contributed by atoms with E-state index in [1.54, 1.807) is 18.6 Å². The molecule has 1 aromatic rings. The molecule has 1 fully saturated rings. The topological polar surface area (TPSA) is 66.3 Å². The number of nitrogens with zero attached hydrogens (tertiary/aromatic N) is 3. The Morgan fingerprint density at radius 1 is 1.59 bits per heavy atom. The number of rotatable bonds is 5. The maximum atomic E-state index is 11.3. The van der Waals surface area contributed by atoms with Crippen LogP contribution in [0.3, 0.4) is 0 Å². The number of aryl methyl sites for hydroxylation is 1. The van der Waals surface area contributed by atoms with Gasteiger partial charge in [-0.1, -0.05) is 0 Å². The lowest BCUT2D eigenvalue weighted by molar-refractivity contribution is -0.160. The molecule has 0 bridgehead atoms. The molecule has 92 valence electrons. The van der Waals surface area contributed by atoms with Crippen LogP contribution in [0.25, 0.3) is 0 Å². The van der Waals surface area contributed by atoms with Crippen molar-refractivity contribution in [2.45, 2.75) is 31.2 Å². The van der Waals surface area contributed by atoms with Crippen molar-refractivity contribution >= 4 is 5.97 Å². The van der Waals surface area contributed by atoms with Crippen LogP contribution in [-0.4, -0.2) is 45.1 Å². The summed E-state index contributed by atoms with van der Waals surface area (Å²) in [5.74, 6) is -0.703. The molecule has 0 aromatic carbocycles. The number of carboxylic acid groups (broad SMARTS) is 1. The zero-order valence-electron chi connectivity index (χ0n) is 9.96. The van der Waals surface area contributed by atoms with Gasteiger partial charge in [-0.15, -0.1) is 0 Å². The molecule has 0 radical (unpaired) electrons. The molecule has 1 saturated heterocycles. The Labute approximate surface area is 100 Å². The Morgan fingerprint density at radius 2 is 2.41 bits per heavy atom. The fourth-order valence-corrected chi connectivity index (χ4v) is 2.32. The lowest BCUT2D eigenvalue weighted by Gasteiger charge is -2.47.